The van der Waals surface area contributed by atoms with Crippen molar-refractivity contribution >= 4 is 28.4 Å². The zero-order valence-electron chi connectivity index (χ0n) is 16.1. The van der Waals surface area contributed by atoms with Crippen molar-refractivity contribution in [3.63, 3.8) is 0 Å². The first-order valence-corrected chi connectivity index (χ1v) is 10.1. The largest absolute Gasteiger partial charge is 0.491 e. The number of ether oxygens (including phenoxy) is 1. The van der Waals surface area contributed by atoms with E-state index in [1.54, 1.807) is 24.3 Å². The predicted molar refractivity (Wildman–Crippen MR) is 113 cm³/mol. The van der Waals surface area contributed by atoms with Gasteiger partial charge in [0.2, 0.25) is 0 Å². The highest BCUT2D eigenvalue weighted by molar-refractivity contribution is 6.31. The van der Waals surface area contributed by atoms with Crippen molar-refractivity contribution < 1.29 is 24.9 Å². The van der Waals surface area contributed by atoms with Crippen molar-refractivity contribution in [2.75, 3.05) is 13.2 Å². The van der Waals surface area contributed by atoms with Gasteiger partial charge in [-0.1, -0.05) is 23.7 Å². The lowest BCUT2D eigenvalue weighted by molar-refractivity contribution is 0.0526. The molecule has 5 N–H and O–H groups in total. The molecule has 0 bridgehead atoms. The molecule has 30 heavy (non-hydrogen) atoms. The molecule has 1 aliphatic rings. The van der Waals surface area contributed by atoms with Gasteiger partial charge in [-0.25, -0.2) is 0 Å². The maximum Gasteiger partial charge on any atom is 0.268 e. The number of fused-ring (bicyclic) bond motifs is 2. The topological polar surface area (TPSA) is 115 Å². The van der Waals surface area contributed by atoms with Crippen molar-refractivity contribution in [3.05, 3.63) is 64.3 Å². The summed E-state index contributed by atoms with van der Waals surface area (Å²) in [5.74, 6) is 0.260. The summed E-state index contributed by atoms with van der Waals surface area (Å²) in [5, 5.41) is 33.4. The number of H-pyrrole nitrogens is 1. The summed E-state index contributed by atoms with van der Waals surface area (Å²) in [6, 6.07) is 12.1. The summed E-state index contributed by atoms with van der Waals surface area (Å²) < 4.78 is 5.66. The van der Waals surface area contributed by atoms with Gasteiger partial charge < -0.3 is 30.4 Å². The Balaban J connectivity index is 1.51. The van der Waals surface area contributed by atoms with Crippen molar-refractivity contribution in [3.8, 4) is 5.75 Å². The molecule has 0 fully saturated rings. The maximum absolute atomic E-state index is 12.8. The molecule has 158 valence electrons. The normalized spacial score (nSPS) is 19.3. The molecule has 0 saturated heterocycles. The number of aliphatic hydroxyl groups is 3. The molecule has 3 aromatic rings. The fourth-order valence-corrected chi connectivity index (χ4v) is 3.93. The molecule has 0 aliphatic heterocycles. The Morgan fingerprint density at radius 3 is 2.90 bits per heavy atom. The highest BCUT2D eigenvalue weighted by Crippen LogP contribution is 2.30. The molecule has 1 heterocycles. The smallest absolute Gasteiger partial charge is 0.268 e. The second kappa shape index (κ2) is 8.65. The highest BCUT2D eigenvalue weighted by Gasteiger charge is 2.30. The molecule has 4 rings (SSSR count). The minimum absolute atomic E-state index is 0.0375. The fraction of sp³-hybridized carbons (Fsp3) is 0.318. The molecule has 0 spiro atoms. The molecule has 3 atom stereocenters. The van der Waals surface area contributed by atoms with E-state index in [4.69, 9.17) is 21.4 Å². The van der Waals surface area contributed by atoms with E-state index in [1.165, 1.54) is 0 Å². The molecule has 0 saturated carbocycles. The number of aromatic nitrogens is 1. The monoisotopic (exact) mass is 430 g/mol. The van der Waals surface area contributed by atoms with Gasteiger partial charge in [0.1, 0.15) is 24.2 Å². The summed E-state index contributed by atoms with van der Waals surface area (Å²) in [4.78, 5) is 15.9. The van der Waals surface area contributed by atoms with Gasteiger partial charge in [-0.15, -0.1) is 0 Å². The molecule has 0 unspecified atom stereocenters. The molecular formula is C22H23ClN2O5. The Labute approximate surface area is 178 Å². The van der Waals surface area contributed by atoms with Crippen LogP contribution in [0.25, 0.3) is 10.9 Å². The Kier molecular flexibility index (Phi) is 5.97. The van der Waals surface area contributed by atoms with Crippen LogP contribution in [0.2, 0.25) is 5.02 Å². The van der Waals surface area contributed by atoms with Crippen LogP contribution in [0.15, 0.2) is 42.5 Å². The zero-order valence-corrected chi connectivity index (χ0v) is 16.9. The first-order chi connectivity index (χ1) is 14.4. The van der Waals surface area contributed by atoms with Gasteiger partial charge in [-0.2, -0.15) is 0 Å². The molecule has 7 nitrogen and oxygen atoms in total. The van der Waals surface area contributed by atoms with Crippen LogP contribution in [-0.4, -0.2) is 57.7 Å². The van der Waals surface area contributed by atoms with E-state index < -0.39 is 18.2 Å². The molecule has 0 radical (unpaired) electrons. The number of hydrogen-bond acceptors (Lipinski definition) is 5. The third-order valence-electron chi connectivity index (χ3n) is 5.33. The quantitative estimate of drug-likeness (QED) is 0.409. The van der Waals surface area contributed by atoms with Crippen LogP contribution < -0.4 is 10.1 Å². The number of aliphatic hydroxyl groups excluding tert-OH is 3. The van der Waals surface area contributed by atoms with Crippen LogP contribution in [-0.2, 0) is 12.8 Å². The van der Waals surface area contributed by atoms with E-state index in [9.17, 15) is 15.0 Å². The zero-order chi connectivity index (χ0) is 21.3. The Hall–Kier alpha value is -2.58. The predicted octanol–water partition coefficient (Wildman–Crippen LogP) is 1.81. The average Bonchev–Trinajstić information content (AvgIpc) is 3.15. The van der Waals surface area contributed by atoms with E-state index in [2.05, 4.69) is 10.3 Å². The number of hydrogen-bond donors (Lipinski definition) is 5. The molecule has 1 amide bonds. The highest BCUT2D eigenvalue weighted by atomic mass is 35.5. The first-order valence-electron chi connectivity index (χ1n) is 9.74. The van der Waals surface area contributed by atoms with Crippen LogP contribution in [0.3, 0.4) is 0 Å². The van der Waals surface area contributed by atoms with Crippen molar-refractivity contribution in [1.29, 1.82) is 0 Å². The minimum Gasteiger partial charge on any atom is -0.491 e. The van der Waals surface area contributed by atoms with Gasteiger partial charge in [0.05, 0.1) is 18.8 Å². The summed E-state index contributed by atoms with van der Waals surface area (Å²) in [5.41, 5.74) is 3.00. The molecule has 1 aliphatic carbocycles. The fourth-order valence-electron chi connectivity index (χ4n) is 3.75. The summed E-state index contributed by atoms with van der Waals surface area (Å²) in [6.07, 6.45) is -0.943. The molecule has 8 heteroatoms. The van der Waals surface area contributed by atoms with Crippen LogP contribution >= 0.6 is 11.6 Å². The Bertz CT molecular complexity index is 1070. The summed E-state index contributed by atoms with van der Waals surface area (Å²) in [6.45, 7) is -0.424. The number of halogens is 1. The van der Waals surface area contributed by atoms with Gasteiger partial charge >= 0.3 is 0 Å². The number of rotatable bonds is 6. The second-order valence-corrected chi connectivity index (χ2v) is 7.95. The van der Waals surface area contributed by atoms with Gasteiger partial charge in [0, 0.05) is 22.3 Å². The molecular weight excluding hydrogens is 408 g/mol. The average molecular weight is 431 g/mol. The van der Waals surface area contributed by atoms with Crippen molar-refractivity contribution in [2.45, 2.75) is 31.1 Å². The van der Waals surface area contributed by atoms with Crippen LogP contribution in [0.1, 0.15) is 21.6 Å². The van der Waals surface area contributed by atoms with Crippen LogP contribution in [0, 0.1) is 0 Å². The lowest BCUT2D eigenvalue weighted by Gasteiger charge is -2.31. The minimum atomic E-state index is -0.971. The number of benzene rings is 2. The van der Waals surface area contributed by atoms with Gasteiger partial charge in [0.15, 0.2) is 0 Å². The maximum atomic E-state index is 12.8. The lowest BCUT2D eigenvalue weighted by Crippen LogP contribution is -2.48. The number of carbonyl (C=O) groups excluding carboxylic acids is 1. The second-order valence-electron chi connectivity index (χ2n) is 7.51. The van der Waals surface area contributed by atoms with E-state index in [-0.39, 0.29) is 19.1 Å². The van der Waals surface area contributed by atoms with Gasteiger partial charge in [-0.05, 0) is 47.9 Å². The number of amides is 1. The Morgan fingerprint density at radius 2 is 2.10 bits per heavy atom. The third kappa shape index (κ3) is 4.29. The molecule has 2 aromatic carbocycles. The van der Waals surface area contributed by atoms with E-state index in [0.29, 0.717) is 29.3 Å². The van der Waals surface area contributed by atoms with E-state index in [1.807, 2.05) is 18.2 Å². The number of nitrogens with one attached hydrogen (secondary N) is 2. The summed E-state index contributed by atoms with van der Waals surface area (Å²) in [7, 11) is 0. The van der Waals surface area contributed by atoms with E-state index >= 15 is 0 Å². The molecule has 1 aromatic heterocycles. The summed E-state index contributed by atoms with van der Waals surface area (Å²) >= 11 is 6.01. The SMILES string of the molecule is O=C(N[C@@H]1Cc2c(cccc2OC[C@@H](O)CO)C[C@H]1O)c1cc2cc(Cl)ccc2[nH]1. The Morgan fingerprint density at radius 1 is 1.27 bits per heavy atom. The van der Waals surface area contributed by atoms with Gasteiger partial charge in [0.25, 0.3) is 5.91 Å². The lowest BCUT2D eigenvalue weighted by atomic mass is 9.85. The first kappa shape index (κ1) is 20.7. The number of carbonyl (C=O) groups is 1. The van der Waals surface area contributed by atoms with Crippen LogP contribution in [0.5, 0.6) is 5.75 Å². The van der Waals surface area contributed by atoms with Crippen LogP contribution in [0.4, 0.5) is 0 Å². The van der Waals surface area contributed by atoms with Gasteiger partial charge in [-0.3, -0.25) is 4.79 Å². The number of aromatic amines is 1. The third-order valence-corrected chi connectivity index (χ3v) is 5.57. The van der Waals surface area contributed by atoms with Crippen molar-refractivity contribution in [2.24, 2.45) is 0 Å². The van der Waals surface area contributed by atoms with Crippen molar-refractivity contribution in [1.82, 2.24) is 10.3 Å². The standard InChI is InChI=1S/C22H23ClN2O5/c23-14-4-5-17-13(6-14)7-19(24-17)22(29)25-18-9-16-12(8-20(18)28)2-1-3-21(16)30-11-15(27)10-26/h1-7,15,18,20,24,26-28H,8-11H2,(H,25,29)/t15-,18+,20+/m0/s1. The van der Waals surface area contributed by atoms with E-state index in [0.717, 1.165) is 22.0 Å².